The van der Waals surface area contributed by atoms with Crippen LogP contribution in [-0.4, -0.2) is 71.1 Å². The van der Waals surface area contributed by atoms with Gasteiger partial charge in [0.15, 0.2) is 0 Å². The topological polar surface area (TPSA) is 148 Å². The molecule has 0 aliphatic carbocycles. The van der Waals surface area contributed by atoms with Crippen LogP contribution in [0.3, 0.4) is 0 Å². The number of rotatable bonds is 6. The number of aliphatic hydroxyl groups is 3. The number of hydrogen-bond donors (Lipinski definition) is 4. The van der Waals surface area contributed by atoms with Crippen molar-refractivity contribution in [2.24, 2.45) is 0 Å². The number of nitrogens with one attached hydrogen (secondary N) is 1. The lowest BCUT2D eigenvalue weighted by Gasteiger charge is -2.42. The molecular formula is C12H18NO8-. The van der Waals surface area contributed by atoms with Crippen molar-refractivity contribution in [3.63, 3.8) is 0 Å². The minimum Gasteiger partial charge on any atom is -0.544 e. The molecule has 0 saturated heterocycles. The summed E-state index contributed by atoms with van der Waals surface area (Å²) in [7, 11) is 1.06. The fourth-order valence-corrected chi connectivity index (χ4v) is 1.94. The van der Waals surface area contributed by atoms with E-state index in [1.54, 1.807) is 0 Å². The maximum Gasteiger partial charge on any atom is 0.230 e. The Morgan fingerprint density at radius 3 is 2.57 bits per heavy atom. The number of carboxylic acid groups (broad SMARTS) is 1. The second-order valence-electron chi connectivity index (χ2n) is 4.57. The largest absolute Gasteiger partial charge is 0.544 e. The number of hydrogen-bond acceptors (Lipinski definition) is 8. The minimum absolute atomic E-state index is 0.456. The van der Waals surface area contributed by atoms with Crippen LogP contribution in [0.4, 0.5) is 0 Å². The molecule has 9 heteroatoms. The lowest BCUT2D eigenvalue weighted by molar-refractivity contribution is -0.356. The number of carboxylic acids is 1. The van der Waals surface area contributed by atoms with Crippen molar-refractivity contribution in [1.29, 1.82) is 0 Å². The Labute approximate surface area is 120 Å². The normalized spacial score (nSPS) is 31.5. The van der Waals surface area contributed by atoms with Gasteiger partial charge < -0.3 is 40.0 Å². The third kappa shape index (κ3) is 3.77. The molecule has 5 atom stereocenters. The van der Waals surface area contributed by atoms with Crippen molar-refractivity contribution in [3.05, 3.63) is 12.2 Å². The van der Waals surface area contributed by atoms with E-state index in [9.17, 15) is 24.9 Å². The van der Waals surface area contributed by atoms with E-state index in [4.69, 9.17) is 14.6 Å². The molecule has 4 N–H and O–H groups in total. The quantitative estimate of drug-likeness (QED) is 0.366. The molecule has 0 aromatic heterocycles. The Balaban J connectivity index is 3.11. The van der Waals surface area contributed by atoms with Crippen LogP contribution in [0.5, 0.6) is 0 Å². The molecule has 1 heterocycles. The fraction of sp³-hybridized carbons (Fsp3) is 0.667. The van der Waals surface area contributed by atoms with Gasteiger partial charge in [-0.1, -0.05) is 6.08 Å². The number of ether oxygens (including phenoxy) is 2. The average Bonchev–Trinajstić information content (AvgIpc) is 2.45. The summed E-state index contributed by atoms with van der Waals surface area (Å²) >= 11 is 0. The van der Waals surface area contributed by atoms with Crippen molar-refractivity contribution >= 4 is 11.9 Å². The predicted molar refractivity (Wildman–Crippen MR) is 65.5 cm³/mol. The Hall–Kier alpha value is -1.52. The second-order valence-corrected chi connectivity index (χ2v) is 4.57. The number of carbonyl (C=O) groups excluding carboxylic acids is 2. The van der Waals surface area contributed by atoms with Gasteiger partial charge in [-0.05, 0) is 6.08 Å². The van der Waals surface area contributed by atoms with Crippen LogP contribution in [0.1, 0.15) is 6.92 Å². The highest BCUT2D eigenvalue weighted by Crippen LogP contribution is 2.26. The highest BCUT2D eigenvalue weighted by Gasteiger charge is 2.44. The van der Waals surface area contributed by atoms with E-state index >= 15 is 0 Å². The average molecular weight is 304 g/mol. The van der Waals surface area contributed by atoms with E-state index in [0.717, 1.165) is 13.2 Å². The monoisotopic (exact) mass is 304 g/mol. The third-order valence-corrected chi connectivity index (χ3v) is 3.06. The van der Waals surface area contributed by atoms with Crippen LogP contribution >= 0.6 is 0 Å². The van der Waals surface area contributed by atoms with Crippen molar-refractivity contribution in [2.45, 2.75) is 37.1 Å². The molecule has 0 radical (unpaired) electrons. The van der Waals surface area contributed by atoms with Crippen LogP contribution < -0.4 is 10.4 Å². The minimum atomic E-state index is -2.25. The molecule has 1 amide bonds. The van der Waals surface area contributed by atoms with Gasteiger partial charge in [-0.3, -0.25) is 4.79 Å². The van der Waals surface area contributed by atoms with Crippen molar-refractivity contribution in [1.82, 2.24) is 5.32 Å². The molecule has 9 nitrogen and oxygen atoms in total. The number of methoxy groups -OCH3 is 1. The first-order valence-corrected chi connectivity index (χ1v) is 6.15. The zero-order valence-electron chi connectivity index (χ0n) is 11.6. The number of carbonyl (C=O) groups is 2. The van der Waals surface area contributed by atoms with Crippen LogP contribution in [0.15, 0.2) is 12.2 Å². The summed E-state index contributed by atoms with van der Waals surface area (Å²) in [5.74, 6) is -4.42. The first-order valence-electron chi connectivity index (χ1n) is 6.15. The Bertz CT molecular complexity index is 425. The van der Waals surface area contributed by atoms with Gasteiger partial charge in [-0.2, -0.15) is 0 Å². The van der Waals surface area contributed by atoms with Gasteiger partial charge in [-0.15, -0.1) is 0 Å². The SMILES string of the molecule is CO[C@@]1(C(=O)[O-])C=C[C@@H](NC(C)=O)[C@H]([C@H](O)[C@H](O)CO)O1. The number of aliphatic carboxylic acids is 1. The summed E-state index contributed by atoms with van der Waals surface area (Å²) in [5, 5.41) is 41.9. The summed E-state index contributed by atoms with van der Waals surface area (Å²) in [5.41, 5.74) is 0. The highest BCUT2D eigenvalue weighted by atomic mass is 16.7. The molecule has 0 aromatic carbocycles. The van der Waals surface area contributed by atoms with Gasteiger partial charge >= 0.3 is 0 Å². The Morgan fingerprint density at radius 1 is 1.52 bits per heavy atom. The lowest BCUT2D eigenvalue weighted by Crippen LogP contribution is -2.62. The maximum absolute atomic E-state index is 11.2. The fourth-order valence-electron chi connectivity index (χ4n) is 1.94. The number of amides is 1. The van der Waals surface area contributed by atoms with Gasteiger partial charge in [0.05, 0.1) is 12.6 Å². The van der Waals surface area contributed by atoms with Gasteiger partial charge in [-0.25, -0.2) is 0 Å². The standard InChI is InChI=1S/C12H19NO8/c1-6(15)13-7-3-4-12(20-2,11(18)19)21-10(7)9(17)8(16)5-14/h3-4,7-10,14,16-17H,5H2,1-2H3,(H,13,15)(H,18,19)/p-1/t7-,8-,9-,10-,12+/m1/s1. The molecule has 1 rings (SSSR count). The van der Waals surface area contributed by atoms with Crippen molar-refractivity contribution in [2.75, 3.05) is 13.7 Å². The van der Waals surface area contributed by atoms with Crippen LogP contribution in [0.25, 0.3) is 0 Å². The first kappa shape index (κ1) is 17.5. The molecule has 0 aromatic rings. The maximum atomic E-state index is 11.2. The highest BCUT2D eigenvalue weighted by molar-refractivity contribution is 5.77. The molecule has 0 unspecified atom stereocenters. The predicted octanol–water partition coefficient (Wildman–Crippen LogP) is -3.75. The van der Waals surface area contributed by atoms with Gasteiger partial charge in [0.25, 0.3) is 0 Å². The molecular weight excluding hydrogens is 286 g/mol. The molecule has 0 bridgehead atoms. The summed E-state index contributed by atoms with van der Waals surface area (Å²) in [4.78, 5) is 22.3. The third-order valence-electron chi connectivity index (χ3n) is 3.06. The zero-order chi connectivity index (χ0) is 16.2. The molecule has 0 saturated carbocycles. The zero-order valence-corrected chi connectivity index (χ0v) is 11.6. The van der Waals surface area contributed by atoms with E-state index in [1.807, 2.05) is 0 Å². The second kappa shape index (κ2) is 6.96. The lowest BCUT2D eigenvalue weighted by atomic mass is 9.96. The molecule has 0 spiro atoms. The summed E-state index contributed by atoms with van der Waals surface area (Å²) in [6, 6.07) is -0.915. The van der Waals surface area contributed by atoms with Gasteiger partial charge in [0.2, 0.25) is 11.7 Å². The van der Waals surface area contributed by atoms with E-state index in [1.165, 1.54) is 13.0 Å². The molecule has 120 valence electrons. The van der Waals surface area contributed by atoms with Gasteiger partial charge in [0, 0.05) is 14.0 Å². The molecule has 1 aliphatic heterocycles. The van der Waals surface area contributed by atoms with E-state index in [-0.39, 0.29) is 0 Å². The van der Waals surface area contributed by atoms with E-state index in [2.05, 4.69) is 5.32 Å². The summed E-state index contributed by atoms with van der Waals surface area (Å²) in [6.45, 7) is 0.444. The van der Waals surface area contributed by atoms with Crippen molar-refractivity contribution in [3.8, 4) is 0 Å². The Kier molecular flexibility index (Phi) is 5.81. The first-order chi connectivity index (χ1) is 9.77. The Morgan fingerprint density at radius 2 is 2.14 bits per heavy atom. The smallest absolute Gasteiger partial charge is 0.230 e. The van der Waals surface area contributed by atoms with E-state index < -0.39 is 48.6 Å². The molecule has 1 aliphatic rings. The summed E-state index contributed by atoms with van der Waals surface area (Å²) in [6.07, 6.45) is -2.33. The molecule has 21 heavy (non-hydrogen) atoms. The van der Waals surface area contributed by atoms with Crippen LogP contribution in [0, 0.1) is 0 Å². The van der Waals surface area contributed by atoms with Gasteiger partial charge in [0.1, 0.15) is 24.3 Å². The van der Waals surface area contributed by atoms with Crippen molar-refractivity contribution < 1.29 is 39.5 Å². The van der Waals surface area contributed by atoms with Crippen LogP contribution in [0.2, 0.25) is 0 Å². The molecule has 0 fully saturated rings. The van der Waals surface area contributed by atoms with Crippen LogP contribution in [-0.2, 0) is 19.1 Å². The summed E-state index contributed by atoms with van der Waals surface area (Å²) < 4.78 is 9.92. The van der Waals surface area contributed by atoms with E-state index in [0.29, 0.717) is 0 Å². The number of aliphatic hydroxyl groups excluding tert-OH is 3.